The molecule has 1 heterocycles. The summed E-state index contributed by atoms with van der Waals surface area (Å²) < 4.78 is 10.9. The van der Waals surface area contributed by atoms with Crippen LogP contribution in [-0.4, -0.2) is 44.0 Å². The van der Waals surface area contributed by atoms with Gasteiger partial charge in [-0.1, -0.05) is 0 Å². The van der Waals surface area contributed by atoms with Crippen molar-refractivity contribution < 1.29 is 18.7 Å². The number of ether oxygens (including phenoxy) is 1. The molecular weight excluding hydrogens is 296 g/mol. The molecule has 0 fully saturated rings. The van der Waals surface area contributed by atoms with Gasteiger partial charge in [0.1, 0.15) is 11.3 Å². The lowest BCUT2D eigenvalue weighted by atomic mass is 10.1. The molecule has 0 spiro atoms. The number of furan rings is 1. The minimum atomic E-state index is -0.242. The SMILES string of the molecule is CNC(=O)CC(C)N(C)C(=O)c1oc2cc(OC)ccc2c1C. The highest BCUT2D eigenvalue weighted by Crippen LogP contribution is 2.29. The van der Waals surface area contributed by atoms with Crippen molar-refractivity contribution in [2.24, 2.45) is 0 Å². The molecule has 0 aliphatic carbocycles. The molecule has 0 saturated heterocycles. The van der Waals surface area contributed by atoms with Crippen LogP contribution in [0.1, 0.15) is 29.5 Å². The van der Waals surface area contributed by atoms with Crippen molar-refractivity contribution in [1.82, 2.24) is 10.2 Å². The summed E-state index contributed by atoms with van der Waals surface area (Å²) in [7, 11) is 4.83. The first-order valence-electron chi connectivity index (χ1n) is 7.44. The Balaban J connectivity index is 2.30. The Hall–Kier alpha value is -2.50. The number of fused-ring (bicyclic) bond motifs is 1. The number of nitrogens with one attached hydrogen (secondary N) is 1. The highest BCUT2D eigenvalue weighted by molar-refractivity contribution is 5.99. The average Bonchev–Trinajstić information content (AvgIpc) is 2.89. The number of methoxy groups -OCH3 is 1. The van der Waals surface area contributed by atoms with Crippen LogP contribution >= 0.6 is 0 Å². The molecule has 6 nitrogen and oxygen atoms in total. The summed E-state index contributed by atoms with van der Waals surface area (Å²) >= 11 is 0. The van der Waals surface area contributed by atoms with E-state index in [1.54, 1.807) is 27.3 Å². The minimum Gasteiger partial charge on any atom is -0.497 e. The second-order valence-electron chi connectivity index (χ2n) is 5.56. The predicted octanol–water partition coefficient (Wildman–Crippen LogP) is 2.35. The Kier molecular flexibility index (Phi) is 4.93. The van der Waals surface area contributed by atoms with Gasteiger partial charge in [0, 0.05) is 43.6 Å². The van der Waals surface area contributed by atoms with Gasteiger partial charge in [0.05, 0.1) is 7.11 Å². The van der Waals surface area contributed by atoms with E-state index < -0.39 is 0 Å². The number of hydrogen-bond acceptors (Lipinski definition) is 4. The van der Waals surface area contributed by atoms with Gasteiger partial charge >= 0.3 is 0 Å². The molecule has 2 amide bonds. The molecule has 6 heteroatoms. The molecule has 2 rings (SSSR count). The number of nitrogens with zero attached hydrogens (tertiary/aromatic N) is 1. The van der Waals surface area contributed by atoms with E-state index in [0.717, 1.165) is 10.9 Å². The zero-order chi connectivity index (χ0) is 17.1. The lowest BCUT2D eigenvalue weighted by molar-refractivity contribution is -0.121. The van der Waals surface area contributed by atoms with Crippen molar-refractivity contribution in [2.75, 3.05) is 21.2 Å². The molecule has 124 valence electrons. The van der Waals surface area contributed by atoms with Gasteiger partial charge in [0.25, 0.3) is 5.91 Å². The summed E-state index contributed by atoms with van der Waals surface area (Å²) in [6.07, 6.45) is 0.242. The summed E-state index contributed by atoms with van der Waals surface area (Å²) in [5.41, 5.74) is 1.39. The van der Waals surface area contributed by atoms with Gasteiger partial charge < -0.3 is 19.4 Å². The summed E-state index contributed by atoms with van der Waals surface area (Å²) in [6, 6.07) is 5.23. The fraction of sp³-hybridized carbons (Fsp3) is 0.412. The molecule has 1 N–H and O–H groups in total. The smallest absolute Gasteiger partial charge is 0.289 e. The van der Waals surface area contributed by atoms with Crippen molar-refractivity contribution in [1.29, 1.82) is 0 Å². The molecule has 23 heavy (non-hydrogen) atoms. The molecule has 0 radical (unpaired) electrons. The second kappa shape index (κ2) is 6.73. The Morgan fingerprint density at radius 1 is 1.39 bits per heavy atom. The lowest BCUT2D eigenvalue weighted by Gasteiger charge is -2.23. The predicted molar refractivity (Wildman–Crippen MR) is 87.7 cm³/mol. The quantitative estimate of drug-likeness (QED) is 0.918. The third-order valence-corrected chi connectivity index (χ3v) is 4.08. The van der Waals surface area contributed by atoms with Crippen molar-refractivity contribution >= 4 is 22.8 Å². The van der Waals surface area contributed by atoms with Crippen LogP contribution in [0.5, 0.6) is 5.75 Å². The third-order valence-electron chi connectivity index (χ3n) is 4.08. The highest BCUT2D eigenvalue weighted by Gasteiger charge is 2.25. The van der Waals surface area contributed by atoms with Gasteiger partial charge in [-0.05, 0) is 26.0 Å². The van der Waals surface area contributed by atoms with Crippen LogP contribution in [-0.2, 0) is 4.79 Å². The number of carbonyl (C=O) groups excluding carboxylic acids is 2. The number of benzene rings is 1. The van der Waals surface area contributed by atoms with Gasteiger partial charge in [-0.15, -0.1) is 0 Å². The molecule has 0 saturated carbocycles. The van der Waals surface area contributed by atoms with Crippen LogP contribution in [0.15, 0.2) is 22.6 Å². The molecule has 2 aromatic rings. The topological polar surface area (TPSA) is 71.8 Å². The van der Waals surface area contributed by atoms with Gasteiger partial charge in [-0.25, -0.2) is 0 Å². The summed E-state index contributed by atoms with van der Waals surface area (Å²) in [5.74, 6) is 0.614. The maximum Gasteiger partial charge on any atom is 0.289 e. The minimum absolute atomic E-state index is 0.108. The van der Waals surface area contributed by atoms with E-state index in [4.69, 9.17) is 9.15 Å². The Morgan fingerprint density at radius 3 is 2.70 bits per heavy atom. The van der Waals surface area contributed by atoms with Crippen LogP contribution in [0.2, 0.25) is 0 Å². The Morgan fingerprint density at radius 2 is 2.09 bits per heavy atom. The van der Waals surface area contributed by atoms with Crippen LogP contribution in [0.25, 0.3) is 11.0 Å². The van der Waals surface area contributed by atoms with Crippen LogP contribution in [0, 0.1) is 6.92 Å². The normalized spacial score (nSPS) is 12.0. The van der Waals surface area contributed by atoms with Gasteiger partial charge in [0.15, 0.2) is 5.76 Å². The number of rotatable bonds is 5. The van der Waals surface area contributed by atoms with Crippen molar-refractivity contribution in [3.63, 3.8) is 0 Å². The maximum absolute atomic E-state index is 12.7. The van der Waals surface area contributed by atoms with Crippen molar-refractivity contribution in [3.8, 4) is 5.75 Å². The number of amides is 2. The molecule has 1 aromatic carbocycles. The van der Waals surface area contributed by atoms with E-state index in [1.165, 1.54) is 4.90 Å². The third kappa shape index (κ3) is 3.31. The number of hydrogen-bond donors (Lipinski definition) is 1. The van der Waals surface area contributed by atoms with E-state index in [0.29, 0.717) is 17.1 Å². The lowest BCUT2D eigenvalue weighted by Crippen LogP contribution is -2.38. The largest absolute Gasteiger partial charge is 0.497 e. The van der Waals surface area contributed by atoms with E-state index in [2.05, 4.69) is 5.32 Å². The summed E-state index contributed by atoms with van der Waals surface area (Å²) in [5, 5.41) is 3.44. The first-order chi connectivity index (χ1) is 10.9. The van der Waals surface area contributed by atoms with E-state index in [-0.39, 0.29) is 24.3 Å². The number of carbonyl (C=O) groups is 2. The van der Waals surface area contributed by atoms with Crippen LogP contribution in [0.4, 0.5) is 0 Å². The van der Waals surface area contributed by atoms with Crippen LogP contribution < -0.4 is 10.1 Å². The number of aryl methyl sites for hydroxylation is 1. The molecule has 0 aliphatic rings. The molecule has 1 aromatic heterocycles. The van der Waals surface area contributed by atoms with E-state index >= 15 is 0 Å². The Bertz CT molecular complexity index is 736. The van der Waals surface area contributed by atoms with Crippen molar-refractivity contribution in [3.05, 3.63) is 29.5 Å². The molecular formula is C17H22N2O4. The molecule has 1 atom stereocenters. The molecule has 1 unspecified atom stereocenters. The monoisotopic (exact) mass is 318 g/mol. The van der Waals surface area contributed by atoms with Crippen molar-refractivity contribution in [2.45, 2.75) is 26.3 Å². The Labute approximate surface area is 135 Å². The highest BCUT2D eigenvalue weighted by atomic mass is 16.5. The zero-order valence-corrected chi connectivity index (χ0v) is 14.1. The van der Waals surface area contributed by atoms with Crippen LogP contribution in [0.3, 0.4) is 0 Å². The second-order valence-corrected chi connectivity index (χ2v) is 5.56. The molecule has 0 aliphatic heterocycles. The fourth-order valence-corrected chi connectivity index (χ4v) is 2.40. The van der Waals surface area contributed by atoms with E-state index in [1.807, 2.05) is 26.0 Å². The summed E-state index contributed by atoms with van der Waals surface area (Å²) in [4.78, 5) is 25.7. The zero-order valence-electron chi connectivity index (χ0n) is 14.1. The molecule has 0 bridgehead atoms. The van der Waals surface area contributed by atoms with Gasteiger partial charge in [-0.2, -0.15) is 0 Å². The van der Waals surface area contributed by atoms with E-state index in [9.17, 15) is 9.59 Å². The van der Waals surface area contributed by atoms with Gasteiger partial charge in [-0.3, -0.25) is 9.59 Å². The average molecular weight is 318 g/mol. The first kappa shape index (κ1) is 16.9. The first-order valence-corrected chi connectivity index (χ1v) is 7.44. The van der Waals surface area contributed by atoms with Gasteiger partial charge in [0.2, 0.25) is 5.91 Å². The fourth-order valence-electron chi connectivity index (χ4n) is 2.40. The maximum atomic E-state index is 12.7. The standard InChI is InChI=1S/C17H22N2O4/c1-10(8-15(20)18-3)19(4)17(21)16-11(2)13-7-6-12(22-5)9-14(13)23-16/h6-7,9-10H,8H2,1-5H3,(H,18,20). The summed E-state index contributed by atoms with van der Waals surface area (Å²) in [6.45, 7) is 3.68.